The summed E-state index contributed by atoms with van der Waals surface area (Å²) >= 11 is 0. The van der Waals surface area contributed by atoms with Crippen LogP contribution in [-0.2, 0) is 0 Å². The number of hydrogen-bond acceptors (Lipinski definition) is 6. The molecule has 0 saturated heterocycles. The van der Waals surface area contributed by atoms with E-state index in [1.54, 1.807) is 7.05 Å². The highest BCUT2D eigenvalue weighted by molar-refractivity contribution is 6.48. The van der Waals surface area contributed by atoms with E-state index in [9.17, 15) is 14.5 Å². The summed E-state index contributed by atoms with van der Waals surface area (Å²) in [7, 11) is 1.68. The van der Waals surface area contributed by atoms with Gasteiger partial charge in [0.05, 0.1) is 16.3 Å². The van der Waals surface area contributed by atoms with E-state index in [2.05, 4.69) is 15.8 Å². The van der Waals surface area contributed by atoms with Crippen LogP contribution in [0.4, 0.5) is 10.1 Å². The number of hydrogen-bond donors (Lipinski definition) is 3. The van der Waals surface area contributed by atoms with Gasteiger partial charge in [0.1, 0.15) is 0 Å². The fraction of sp³-hybridized carbons (Fsp3) is 0.385. The maximum atomic E-state index is 14.1. The predicted molar refractivity (Wildman–Crippen MR) is 77.4 cm³/mol. The molecular formula is C13H16FN5O2. The summed E-state index contributed by atoms with van der Waals surface area (Å²) in [6, 6.07) is 4.08. The van der Waals surface area contributed by atoms with Gasteiger partial charge in [-0.25, -0.2) is 0 Å². The summed E-state index contributed by atoms with van der Waals surface area (Å²) in [6.45, 7) is 0.265. The monoisotopic (exact) mass is 293 g/mol. The molecule has 1 aromatic rings. The van der Waals surface area contributed by atoms with Crippen LogP contribution in [0.5, 0.6) is 0 Å². The summed E-state index contributed by atoms with van der Waals surface area (Å²) in [5.74, 6) is -1.01. The van der Waals surface area contributed by atoms with E-state index in [1.807, 2.05) is 0 Å². The van der Waals surface area contributed by atoms with Crippen LogP contribution in [0.3, 0.4) is 0 Å². The zero-order valence-electron chi connectivity index (χ0n) is 11.5. The molecule has 21 heavy (non-hydrogen) atoms. The second kappa shape index (κ2) is 6.40. The van der Waals surface area contributed by atoms with Crippen LogP contribution in [0.25, 0.3) is 0 Å². The molecule has 3 N–H and O–H groups in total. The average molecular weight is 293 g/mol. The third kappa shape index (κ3) is 3.60. The summed E-state index contributed by atoms with van der Waals surface area (Å²) in [6.07, 6.45) is 2.05. The van der Waals surface area contributed by atoms with Crippen LogP contribution in [0, 0.1) is 21.3 Å². The standard InChI is InChI=1S/C13H16FN5O2/c1-16-7-10(18-17-8-5-6-8)13(15)9-3-2-4-11(12(9)14)19(20)21/h2-4,8,15-17H,5-7H2,1H3/b15-13?,18-10-. The molecule has 0 radical (unpaired) electrons. The number of hydrazone groups is 1. The average Bonchev–Trinajstić information content (AvgIpc) is 3.27. The van der Waals surface area contributed by atoms with Crippen molar-refractivity contribution in [1.82, 2.24) is 10.7 Å². The molecule has 8 heteroatoms. The fourth-order valence-corrected chi connectivity index (χ4v) is 1.74. The highest BCUT2D eigenvalue weighted by Crippen LogP contribution is 2.21. The summed E-state index contributed by atoms with van der Waals surface area (Å²) in [4.78, 5) is 9.95. The number of nitro groups is 1. The molecule has 2 rings (SSSR count). The fourth-order valence-electron chi connectivity index (χ4n) is 1.74. The molecule has 0 amide bonds. The predicted octanol–water partition coefficient (Wildman–Crippen LogP) is 1.43. The molecule has 1 saturated carbocycles. The van der Waals surface area contributed by atoms with Crippen molar-refractivity contribution in [3.05, 3.63) is 39.7 Å². The lowest BCUT2D eigenvalue weighted by atomic mass is 10.0. The molecule has 0 aliphatic heterocycles. The van der Waals surface area contributed by atoms with Crippen molar-refractivity contribution in [2.75, 3.05) is 13.6 Å². The van der Waals surface area contributed by atoms with Crippen LogP contribution in [0.15, 0.2) is 23.3 Å². The first-order valence-electron chi connectivity index (χ1n) is 6.53. The minimum absolute atomic E-state index is 0.129. The lowest BCUT2D eigenvalue weighted by Crippen LogP contribution is -2.30. The van der Waals surface area contributed by atoms with Crippen molar-refractivity contribution in [1.29, 1.82) is 5.41 Å². The highest BCUT2D eigenvalue weighted by atomic mass is 19.1. The SMILES string of the molecule is CNC/C(=N/NC1CC1)C(=N)c1cccc([N+](=O)[O-])c1F. The first-order valence-corrected chi connectivity index (χ1v) is 6.53. The van der Waals surface area contributed by atoms with Gasteiger partial charge in [-0.05, 0) is 26.0 Å². The van der Waals surface area contributed by atoms with Gasteiger partial charge in [0.15, 0.2) is 0 Å². The highest BCUT2D eigenvalue weighted by Gasteiger charge is 2.24. The molecule has 112 valence electrons. The Hall–Kier alpha value is -2.35. The first-order chi connectivity index (χ1) is 10.0. The van der Waals surface area contributed by atoms with Crippen molar-refractivity contribution in [3.8, 4) is 0 Å². The lowest BCUT2D eigenvalue weighted by molar-refractivity contribution is -0.387. The van der Waals surface area contributed by atoms with Crippen molar-refractivity contribution < 1.29 is 9.31 Å². The Morgan fingerprint density at radius 2 is 2.29 bits per heavy atom. The maximum Gasteiger partial charge on any atom is 0.305 e. The Bertz CT molecular complexity index is 598. The number of halogens is 1. The second-order valence-electron chi connectivity index (χ2n) is 4.76. The summed E-state index contributed by atoms with van der Waals surface area (Å²) in [5, 5.41) is 25.8. The molecule has 1 aliphatic carbocycles. The smallest absolute Gasteiger partial charge is 0.305 e. The van der Waals surface area contributed by atoms with E-state index in [4.69, 9.17) is 5.41 Å². The normalized spacial score (nSPS) is 14.9. The van der Waals surface area contributed by atoms with Gasteiger partial charge in [-0.15, -0.1) is 0 Å². The summed E-state index contributed by atoms with van der Waals surface area (Å²) in [5.41, 5.74) is 2.27. The first kappa shape index (κ1) is 15.0. The molecule has 0 bridgehead atoms. The third-order valence-corrected chi connectivity index (χ3v) is 3.04. The Kier molecular flexibility index (Phi) is 4.59. The van der Waals surface area contributed by atoms with Crippen LogP contribution in [-0.4, -0.2) is 36.0 Å². The molecule has 0 heterocycles. The van der Waals surface area contributed by atoms with Crippen molar-refractivity contribution in [3.63, 3.8) is 0 Å². The zero-order chi connectivity index (χ0) is 15.4. The third-order valence-electron chi connectivity index (χ3n) is 3.04. The van der Waals surface area contributed by atoms with Gasteiger partial charge in [-0.3, -0.25) is 15.5 Å². The number of benzene rings is 1. The van der Waals surface area contributed by atoms with E-state index in [0.717, 1.165) is 18.9 Å². The van der Waals surface area contributed by atoms with E-state index >= 15 is 0 Å². The molecule has 1 fully saturated rings. The van der Waals surface area contributed by atoms with Crippen molar-refractivity contribution in [2.45, 2.75) is 18.9 Å². The molecule has 1 aliphatic rings. The minimum atomic E-state index is -1.01. The maximum absolute atomic E-state index is 14.1. The number of nitro benzene ring substituents is 1. The van der Waals surface area contributed by atoms with Crippen LogP contribution >= 0.6 is 0 Å². The second-order valence-corrected chi connectivity index (χ2v) is 4.76. The lowest BCUT2D eigenvalue weighted by Gasteiger charge is -2.09. The van der Waals surface area contributed by atoms with Gasteiger partial charge < -0.3 is 10.7 Å². The molecule has 0 spiro atoms. The number of nitrogens with zero attached hydrogens (tertiary/aromatic N) is 2. The van der Waals surface area contributed by atoms with E-state index < -0.39 is 16.4 Å². The Morgan fingerprint density at radius 1 is 1.57 bits per heavy atom. The van der Waals surface area contributed by atoms with Crippen LogP contribution in [0.1, 0.15) is 18.4 Å². The van der Waals surface area contributed by atoms with Gasteiger partial charge in [0, 0.05) is 24.2 Å². The molecular weight excluding hydrogens is 277 g/mol. The van der Waals surface area contributed by atoms with Gasteiger partial charge in [-0.2, -0.15) is 9.49 Å². The van der Waals surface area contributed by atoms with E-state index in [1.165, 1.54) is 12.1 Å². The van der Waals surface area contributed by atoms with Gasteiger partial charge in [0.2, 0.25) is 5.82 Å². The topological polar surface area (TPSA) is 103 Å². The molecule has 1 aromatic carbocycles. The Labute approximate surface area is 120 Å². The largest absolute Gasteiger partial charge is 0.314 e. The summed E-state index contributed by atoms with van der Waals surface area (Å²) < 4.78 is 14.1. The van der Waals surface area contributed by atoms with Crippen molar-refractivity contribution in [2.24, 2.45) is 5.10 Å². The number of nitrogens with one attached hydrogen (secondary N) is 3. The van der Waals surface area contributed by atoms with Gasteiger partial charge in [-0.1, -0.05) is 6.07 Å². The van der Waals surface area contributed by atoms with Crippen LogP contribution in [0.2, 0.25) is 0 Å². The Balaban J connectivity index is 2.29. The van der Waals surface area contributed by atoms with Crippen molar-refractivity contribution >= 4 is 17.1 Å². The van der Waals surface area contributed by atoms with E-state index in [0.29, 0.717) is 11.8 Å². The van der Waals surface area contributed by atoms with Gasteiger partial charge >= 0.3 is 5.69 Å². The molecule has 0 aromatic heterocycles. The van der Waals surface area contributed by atoms with E-state index in [-0.39, 0.29) is 17.8 Å². The molecule has 0 unspecified atom stereocenters. The number of rotatable bonds is 7. The quantitative estimate of drug-likeness (QED) is 0.402. The van der Waals surface area contributed by atoms with Gasteiger partial charge in [0.25, 0.3) is 0 Å². The minimum Gasteiger partial charge on any atom is -0.314 e. The Morgan fingerprint density at radius 3 is 2.86 bits per heavy atom. The zero-order valence-corrected chi connectivity index (χ0v) is 11.5. The van der Waals surface area contributed by atoms with Crippen LogP contribution < -0.4 is 10.7 Å². The molecule has 7 nitrogen and oxygen atoms in total. The molecule has 0 atom stereocenters.